The second-order valence-electron chi connectivity index (χ2n) is 6.54. The number of benzene rings is 3. The average molecular weight is 418 g/mol. The highest BCUT2D eigenvalue weighted by atomic mass is 32.2. The van der Waals surface area contributed by atoms with Crippen LogP contribution in [0.4, 0.5) is 0 Å². The molecule has 0 atom stereocenters. The lowest BCUT2D eigenvalue weighted by molar-refractivity contribution is 0.0955. The first-order valence-electron chi connectivity index (χ1n) is 9.15. The Bertz CT molecular complexity index is 1120. The smallest absolute Gasteiger partial charge is 0.267 e. The van der Waals surface area contributed by atoms with Gasteiger partial charge in [0.15, 0.2) is 4.34 Å². The number of aromatic nitrogens is 1. The van der Waals surface area contributed by atoms with Crippen molar-refractivity contribution in [3.05, 3.63) is 95.1 Å². The number of thiazole rings is 1. The summed E-state index contributed by atoms with van der Waals surface area (Å²) in [6, 6.07) is 23.7. The number of rotatable bonds is 6. The van der Waals surface area contributed by atoms with Crippen LogP contribution in [0.25, 0.3) is 10.2 Å². The Morgan fingerprint density at radius 3 is 2.59 bits per heavy atom. The van der Waals surface area contributed by atoms with Crippen LogP contribution in [0, 0.1) is 6.92 Å². The molecule has 0 aliphatic rings. The monoisotopic (exact) mass is 417 g/mol. The SMILES string of the molecule is Cc1ccc(/C=N\NC(=O)c2ccc(CSc3nc4ccccc4s3)cc2)cc1. The molecule has 6 heteroatoms. The quantitative estimate of drug-likeness (QED) is 0.250. The molecular formula is C23H19N3OS2. The summed E-state index contributed by atoms with van der Waals surface area (Å²) in [7, 11) is 0. The fourth-order valence-corrected chi connectivity index (χ4v) is 4.72. The maximum absolute atomic E-state index is 12.2. The Kier molecular flexibility index (Phi) is 6.03. The Balaban J connectivity index is 1.32. The molecule has 1 amide bonds. The molecule has 0 fully saturated rings. The molecule has 0 unspecified atom stereocenters. The number of carbonyl (C=O) groups excluding carboxylic acids is 1. The number of hydrazone groups is 1. The molecule has 4 aromatic rings. The van der Waals surface area contributed by atoms with E-state index in [1.165, 1.54) is 10.3 Å². The van der Waals surface area contributed by atoms with Crippen LogP contribution in [0.15, 0.2) is 82.2 Å². The van der Waals surface area contributed by atoms with Crippen molar-refractivity contribution in [3.63, 3.8) is 0 Å². The van der Waals surface area contributed by atoms with Crippen LogP contribution < -0.4 is 5.43 Å². The number of hydrogen-bond donors (Lipinski definition) is 1. The first-order valence-corrected chi connectivity index (χ1v) is 10.9. The third-order valence-electron chi connectivity index (χ3n) is 4.31. The van der Waals surface area contributed by atoms with Crippen LogP contribution in [-0.2, 0) is 5.75 Å². The zero-order valence-electron chi connectivity index (χ0n) is 15.8. The number of para-hydroxylation sites is 1. The normalized spacial score (nSPS) is 11.2. The molecule has 1 N–H and O–H groups in total. The standard InChI is InChI=1S/C23H19N3OS2/c1-16-6-8-17(9-7-16)14-24-26-22(27)19-12-10-18(11-13-19)15-28-23-25-20-4-2-3-5-21(20)29-23/h2-14H,15H2,1H3,(H,26,27)/b24-14-. The number of aryl methyl sites for hydroxylation is 1. The number of thioether (sulfide) groups is 1. The fraction of sp³-hybridized carbons (Fsp3) is 0.0870. The van der Waals surface area contributed by atoms with Crippen molar-refractivity contribution in [1.82, 2.24) is 10.4 Å². The van der Waals surface area contributed by atoms with Gasteiger partial charge >= 0.3 is 0 Å². The highest BCUT2D eigenvalue weighted by Crippen LogP contribution is 2.31. The minimum Gasteiger partial charge on any atom is -0.267 e. The van der Waals surface area contributed by atoms with Gasteiger partial charge in [-0.05, 0) is 42.3 Å². The van der Waals surface area contributed by atoms with Gasteiger partial charge in [-0.2, -0.15) is 5.10 Å². The fourth-order valence-electron chi connectivity index (χ4n) is 2.69. The van der Waals surface area contributed by atoms with Crippen molar-refractivity contribution in [2.75, 3.05) is 0 Å². The lowest BCUT2D eigenvalue weighted by atomic mass is 10.1. The molecule has 0 aliphatic heterocycles. The van der Waals surface area contributed by atoms with Gasteiger partial charge in [-0.25, -0.2) is 10.4 Å². The van der Waals surface area contributed by atoms with E-state index >= 15 is 0 Å². The van der Waals surface area contributed by atoms with E-state index in [0.29, 0.717) is 5.56 Å². The van der Waals surface area contributed by atoms with E-state index in [4.69, 9.17) is 0 Å². The Morgan fingerprint density at radius 2 is 1.83 bits per heavy atom. The Hall–Kier alpha value is -2.96. The molecule has 3 aromatic carbocycles. The van der Waals surface area contributed by atoms with Crippen LogP contribution in [0.2, 0.25) is 0 Å². The number of fused-ring (bicyclic) bond motifs is 1. The first-order chi connectivity index (χ1) is 14.2. The molecule has 0 spiro atoms. The van der Waals surface area contributed by atoms with Crippen molar-refractivity contribution < 1.29 is 4.79 Å². The highest BCUT2D eigenvalue weighted by Gasteiger charge is 2.06. The van der Waals surface area contributed by atoms with Gasteiger partial charge in [-0.1, -0.05) is 65.9 Å². The van der Waals surface area contributed by atoms with Gasteiger partial charge in [0.2, 0.25) is 0 Å². The van der Waals surface area contributed by atoms with Gasteiger partial charge in [0.1, 0.15) is 0 Å². The van der Waals surface area contributed by atoms with E-state index in [1.807, 2.05) is 73.7 Å². The van der Waals surface area contributed by atoms with E-state index in [2.05, 4.69) is 21.6 Å². The van der Waals surface area contributed by atoms with Crippen molar-refractivity contribution in [3.8, 4) is 0 Å². The van der Waals surface area contributed by atoms with Gasteiger partial charge in [0.25, 0.3) is 5.91 Å². The van der Waals surface area contributed by atoms with Crippen molar-refractivity contribution in [2.45, 2.75) is 17.0 Å². The minimum absolute atomic E-state index is 0.223. The summed E-state index contributed by atoms with van der Waals surface area (Å²) in [4.78, 5) is 16.9. The van der Waals surface area contributed by atoms with Gasteiger partial charge < -0.3 is 0 Å². The van der Waals surface area contributed by atoms with E-state index in [9.17, 15) is 4.79 Å². The molecule has 4 nitrogen and oxygen atoms in total. The van der Waals surface area contributed by atoms with Crippen LogP contribution >= 0.6 is 23.1 Å². The largest absolute Gasteiger partial charge is 0.271 e. The molecule has 4 rings (SSSR count). The summed E-state index contributed by atoms with van der Waals surface area (Å²) in [5.74, 6) is 0.589. The Labute approximate surface area is 177 Å². The predicted octanol–water partition coefficient (Wildman–Crippen LogP) is 5.66. The number of amides is 1. The van der Waals surface area contributed by atoms with Crippen molar-refractivity contribution in [2.24, 2.45) is 5.10 Å². The maximum Gasteiger partial charge on any atom is 0.271 e. The number of nitrogens with one attached hydrogen (secondary N) is 1. The second-order valence-corrected chi connectivity index (χ2v) is 8.80. The predicted molar refractivity (Wildman–Crippen MR) is 122 cm³/mol. The van der Waals surface area contributed by atoms with Gasteiger partial charge in [0.05, 0.1) is 16.4 Å². The summed E-state index contributed by atoms with van der Waals surface area (Å²) in [6.07, 6.45) is 1.64. The molecule has 0 radical (unpaired) electrons. The van der Waals surface area contributed by atoms with E-state index in [1.54, 1.807) is 29.3 Å². The average Bonchev–Trinajstić information content (AvgIpc) is 3.17. The minimum atomic E-state index is -0.223. The van der Waals surface area contributed by atoms with E-state index in [-0.39, 0.29) is 5.91 Å². The molecule has 0 bridgehead atoms. The van der Waals surface area contributed by atoms with Crippen LogP contribution in [0.1, 0.15) is 27.0 Å². The van der Waals surface area contributed by atoms with Gasteiger partial charge in [0, 0.05) is 11.3 Å². The zero-order valence-corrected chi connectivity index (χ0v) is 17.5. The zero-order chi connectivity index (χ0) is 20.1. The summed E-state index contributed by atoms with van der Waals surface area (Å²) in [5.41, 5.74) is 7.47. The third-order valence-corrected chi connectivity index (χ3v) is 6.56. The van der Waals surface area contributed by atoms with E-state index < -0.39 is 0 Å². The first kappa shape index (κ1) is 19.4. The summed E-state index contributed by atoms with van der Waals surface area (Å²) >= 11 is 3.41. The molecule has 144 valence electrons. The van der Waals surface area contributed by atoms with Gasteiger partial charge in [-0.15, -0.1) is 11.3 Å². The van der Waals surface area contributed by atoms with Gasteiger partial charge in [-0.3, -0.25) is 4.79 Å². The van der Waals surface area contributed by atoms with E-state index in [0.717, 1.165) is 26.7 Å². The highest BCUT2D eigenvalue weighted by molar-refractivity contribution is 8.00. The molecule has 0 saturated heterocycles. The maximum atomic E-state index is 12.2. The Morgan fingerprint density at radius 1 is 1.07 bits per heavy atom. The van der Waals surface area contributed by atoms with Crippen LogP contribution in [0.3, 0.4) is 0 Å². The molecule has 0 aliphatic carbocycles. The number of hydrogen-bond acceptors (Lipinski definition) is 5. The second kappa shape index (κ2) is 9.03. The molecule has 1 heterocycles. The lowest BCUT2D eigenvalue weighted by Crippen LogP contribution is -2.17. The molecule has 29 heavy (non-hydrogen) atoms. The number of nitrogens with zero attached hydrogens (tertiary/aromatic N) is 2. The lowest BCUT2D eigenvalue weighted by Gasteiger charge is -2.03. The van der Waals surface area contributed by atoms with Crippen molar-refractivity contribution >= 4 is 45.4 Å². The van der Waals surface area contributed by atoms with Crippen molar-refractivity contribution in [1.29, 1.82) is 0 Å². The molecule has 1 aromatic heterocycles. The summed E-state index contributed by atoms with van der Waals surface area (Å²) < 4.78 is 2.26. The molecular weight excluding hydrogens is 398 g/mol. The topological polar surface area (TPSA) is 54.4 Å². The summed E-state index contributed by atoms with van der Waals surface area (Å²) in [6.45, 7) is 2.03. The van der Waals surface area contributed by atoms with Crippen LogP contribution in [-0.4, -0.2) is 17.1 Å². The molecule has 0 saturated carbocycles. The third kappa shape index (κ3) is 5.10. The number of carbonyl (C=O) groups is 1. The summed E-state index contributed by atoms with van der Waals surface area (Å²) in [5, 5.41) is 4.03. The van der Waals surface area contributed by atoms with Crippen LogP contribution in [0.5, 0.6) is 0 Å².